The van der Waals surface area contributed by atoms with E-state index in [0.29, 0.717) is 0 Å². The molecule has 23 heavy (non-hydrogen) atoms. The van der Waals surface area contributed by atoms with Crippen molar-refractivity contribution in [2.45, 2.75) is 0 Å². The minimum atomic E-state index is -0.171. The van der Waals surface area contributed by atoms with Crippen molar-refractivity contribution in [3.8, 4) is 0 Å². The van der Waals surface area contributed by atoms with Gasteiger partial charge in [-0.1, -0.05) is 98.9 Å². The summed E-state index contributed by atoms with van der Waals surface area (Å²) in [6, 6.07) is 32.0. The summed E-state index contributed by atoms with van der Waals surface area (Å²) in [5, 5.41) is 4.36. The Balaban J connectivity index is 0.000000185. The molecule has 0 fully saturated rings. The van der Waals surface area contributed by atoms with E-state index in [4.69, 9.17) is 0 Å². The molecule has 0 aliphatic rings. The van der Waals surface area contributed by atoms with Crippen LogP contribution in [-0.2, 0) is 0 Å². The van der Waals surface area contributed by atoms with Crippen LogP contribution in [0.3, 0.4) is 0 Å². The molecule has 3 aromatic rings. The zero-order valence-electron chi connectivity index (χ0n) is 14.1. The predicted molar refractivity (Wildman–Crippen MR) is 110 cm³/mol. The highest BCUT2D eigenvalue weighted by Gasteiger charge is 2.05. The van der Waals surface area contributed by atoms with E-state index in [0.717, 1.165) is 0 Å². The zero-order valence-corrected chi connectivity index (χ0v) is 15.8. The third-order valence-electron chi connectivity index (χ3n) is 3.56. The van der Waals surface area contributed by atoms with Gasteiger partial charge >= 0.3 is 0 Å². The van der Waals surface area contributed by atoms with Gasteiger partial charge in [0, 0.05) is 0 Å². The Morgan fingerprint density at radius 3 is 1.00 bits per heavy atom. The summed E-state index contributed by atoms with van der Waals surface area (Å²) in [4.78, 5) is 0. The van der Waals surface area contributed by atoms with Crippen molar-refractivity contribution in [2.24, 2.45) is 0 Å². The quantitative estimate of drug-likeness (QED) is 0.602. The summed E-state index contributed by atoms with van der Waals surface area (Å²) in [6.07, 6.45) is 0. The van der Waals surface area contributed by atoms with Gasteiger partial charge in [0.2, 0.25) is 0 Å². The molecule has 0 nitrogen and oxygen atoms in total. The molecule has 0 aromatic heterocycles. The highest BCUT2D eigenvalue weighted by molar-refractivity contribution is 7.72. The molecule has 118 valence electrons. The van der Waals surface area contributed by atoms with Crippen molar-refractivity contribution in [2.75, 3.05) is 20.0 Å². The number of benzene rings is 3. The van der Waals surface area contributed by atoms with Gasteiger partial charge in [-0.15, -0.1) is 0 Å². The van der Waals surface area contributed by atoms with Crippen LogP contribution in [0.5, 0.6) is 0 Å². The Morgan fingerprint density at radius 2 is 0.739 bits per heavy atom. The molecule has 0 N–H and O–H groups in total. The lowest BCUT2D eigenvalue weighted by Gasteiger charge is -2.12. The average Bonchev–Trinajstić information content (AvgIpc) is 2.64. The molecule has 3 aromatic carbocycles. The van der Waals surface area contributed by atoms with Crippen LogP contribution in [0, 0.1) is 0 Å². The van der Waals surface area contributed by atoms with Crippen LogP contribution in [0.1, 0.15) is 0 Å². The summed E-state index contributed by atoms with van der Waals surface area (Å²) >= 11 is 0. The summed E-state index contributed by atoms with van der Waals surface area (Å²) in [6.45, 7) is 6.84. The van der Waals surface area contributed by atoms with E-state index in [9.17, 15) is 0 Å². The third kappa shape index (κ3) is 5.91. The van der Waals surface area contributed by atoms with Crippen molar-refractivity contribution in [1.82, 2.24) is 0 Å². The monoisotopic (exact) mass is 338 g/mol. The van der Waals surface area contributed by atoms with Crippen molar-refractivity contribution >= 4 is 31.8 Å². The molecule has 0 heterocycles. The second-order valence-electron chi connectivity index (χ2n) is 5.46. The Morgan fingerprint density at radius 1 is 0.435 bits per heavy atom. The number of hydrogen-bond acceptors (Lipinski definition) is 0. The normalized spacial score (nSPS) is 10.3. The van der Waals surface area contributed by atoms with Gasteiger partial charge in [-0.25, -0.2) is 0 Å². The van der Waals surface area contributed by atoms with Gasteiger partial charge in [0.25, 0.3) is 0 Å². The molecule has 0 bridgehead atoms. The first-order chi connectivity index (χ1) is 11.2. The van der Waals surface area contributed by atoms with Gasteiger partial charge in [0.05, 0.1) is 0 Å². The Kier molecular flexibility index (Phi) is 7.47. The van der Waals surface area contributed by atoms with Gasteiger partial charge in [0.1, 0.15) is 0 Å². The van der Waals surface area contributed by atoms with Crippen LogP contribution in [0.15, 0.2) is 91.0 Å². The van der Waals surface area contributed by atoms with E-state index >= 15 is 0 Å². The smallest absolute Gasteiger partial charge is 0.0198 e. The van der Waals surface area contributed by atoms with E-state index in [1.165, 1.54) is 15.9 Å². The second kappa shape index (κ2) is 9.61. The summed E-state index contributed by atoms with van der Waals surface area (Å²) < 4.78 is 0. The molecule has 0 aliphatic heterocycles. The molecule has 0 atom stereocenters. The van der Waals surface area contributed by atoms with Crippen molar-refractivity contribution in [1.29, 1.82) is 0 Å². The Hall–Kier alpha value is -1.48. The lowest BCUT2D eigenvalue weighted by Crippen LogP contribution is -2.09. The fraction of sp³-hybridized carbons (Fsp3) is 0.143. The van der Waals surface area contributed by atoms with Gasteiger partial charge < -0.3 is 0 Å². The largest absolute Gasteiger partial charge is 0.0817 e. The Bertz CT molecular complexity index is 624. The predicted octanol–water partition coefficient (Wildman–Crippen LogP) is 4.80. The minimum absolute atomic E-state index is 0.104. The molecular formula is C21H24P2. The number of rotatable bonds is 3. The molecule has 0 aliphatic carbocycles. The van der Waals surface area contributed by atoms with Gasteiger partial charge in [-0.05, 0) is 43.8 Å². The van der Waals surface area contributed by atoms with E-state index in [1.54, 1.807) is 0 Å². The molecule has 0 amide bonds. The molecule has 0 unspecified atom stereocenters. The first kappa shape index (κ1) is 17.9. The van der Waals surface area contributed by atoms with Gasteiger partial charge in [0.15, 0.2) is 0 Å². The summed E-state index contributed by atoms with van der Waals surface area (Å²) in [5.74, 6) is 0. The Labute approximate surface area is 143 Å². The summed E-state index contributed by atoms with van der Waals surface area (Å²) in [7, 11) is -0.0664. The van der Waals surface area contributed by atoms with Crippen LogP contribution >= 0.6 is 15.8 Å². The van der Waals surface area contributed by atoms with Crippen molar-refractivity contribution in [3.05, 3.63) is 91.0 Å². The highest BCUT2D eigenvalue weighted by atomic mass is 31.1. The van der Waals surface area contributed by atoms with Gasteiger partial charge in [-0.3, -0.25) is 0 Å². The lowest BCUT2D eigenvalue weighted by atomic mass is 10.4. The minimum Gasteiger partial charge on any atom is -0.0817 e. The maximum atomic E-state index is 2.31. The van der Waals surface area contributed by atoms with Crippen molar-refractivity contribution < 1.29 is 0 Å². The van der Waals surface area contributed by atoms with E-state index in [1.807, 2.05) is 0 Å². The molecule has 0 spiro atoms. The van der Waals surface area contributed by atoms with E-state index in [2.05, 4.69) is 111 Å². The molecule has 0 saturated carbocycles. The summed E-state index contributed by atoms with van der Waals surface area (Å²) in [5.41, 5.74) is 0. The molecule has 3 rings (SSSR count). The lowest BCUT2D eigenvalue weighted by molar-refractivity contribution is 1.75. The van der Waals surface area contributed by atoms with Crippen LogP contribution < -0.4 is 15.9 Å². The van der Waals surface area contributed by atoms with Crippen LogP contribution in [0.4, 0.5) is 0 Å². The average molecular weight is 338 g/mol. The molecule has 2 heteroatoms. The molecular weight excluding hydrogens is 314 g/mol. The van der Waals surface area contributed by atoms with Gasteiger partial charge in [-0.2, -0.15) is 0 Å². The SMILES string of the molecule is CP(C)c1ccccc1.CP(c1ccccc1)c1ccccc1. The first-order valence-electron chi connectivity index (χ1n) is 7.74. The first-order valence-corrected chi connectivity index (χ1v) is 11.8. The maximum Gasteiger partial charge on any atom is -0.0198 e. The van der Waals surface area contributed by atoms with Crippen LogP contribution in [-0.4, -0.2) is 20.0 Å². The molecule has 0 radical (unpaired) electrons. The topological polar surface area (TPSA) is 0 Å². The standard InChI is InChI=1S/C13H13P.C8H11P/c1-14(12-8-4-2-5-9-12)13-10-6-3-7-11-13;1-9(2)8-6-4-3-5-7-8/h2-11H,1H3;3-7H,1-2H3. The highest BCUT2D eigenvalue weighted by Crippen LogP contribution is 2.27. The van der Waals surface area contributed by atoms with E-state index in [-0.39, 0.29) is 15.8 Å². The van der Waals surface area contributed by atoms with E-state index < -0.39 is 0 Å². The molecule has 0 saturated heterocycles. The second-order valence-corrected chi connectivity index (χ2v) is 9.92. The number of hydrogen-bond donors (Lipinski definition) is 0. The third-order valence-corrected chi connectivity index (χ3v) is 7.04. The fourth-order valence-electron chi connectivity index (χ4n) is 2.18. The van der Waals surface area contributed by atoms with Crippen molar-refractivity contribution in [3.63, 3.8) is 0 Å². The van der Waals surface area contributed by atoms with Crippen LogP contribution in [0.2, 0.25) is 0 Å². The zero-order chi connectivity index (χ0) is 16.5. The fourth-order valence-corrected chi connectivity index (χ4v) is 4.48. The van der Waals surface area contributed by atoms with Crippen LogP contribution in [0.25, 0.3) is 0 Å². The maximum absolute atomic E-state index is 2.31.